The first-order valence-corrected chi connectivity index (χ1v) is 10.5. The zero-order valence-corrected chi connectivity index (χ0v) is 16.9. The maximum Gasteiger partial charge on any atom is 0.258 e. The number of fused-ring (bicyclic) bond motifs is 2. The third-order valence-electron chi connectivity index (χ3n) is 5.72. The molecule has 0 spiro atoms. The molecule has 1 fully saturated rings. The number of anilines is 3. The number of ether oxygens (including phenoxy) is 2. The minimum atomic E-state index is -0.941. The van der Waals surface area contributed by atoms with Crippen LogP contribution in [0.5, 0.6) is 11.5 Å². The molecule has 1 aromatic carbocycles. The minimum absolute atomic E-state index is 0.128. The summed E-state index contributed by atoms with van der Waals surface area (Å²) in [6.45, 7) is 2.50. The highest BCUT2D eigenvalue weighted by atomic mass is 16.6. The molecule has 0 bridgehead atoms. The summed E-state index contributed by atoms with van der Waals surface area (Å²) in [6, 6.07) is 5.07. The van der Waals surface area contributed by atoms with Crippen molar-refractivity contribution in [3.05, 3.63) is 34.1 Å². The van der Waals surface area contributed by atoms with Gasteiger partial charge in [-0.2, -0.15) is 4.98 Å². The Morgan fingerprint density at radius 3 is 2.68 bits per heavy atom. The van der Waals surface area contributed by atoms with Gasteiger partial charge in [-0.25, -0.2) is 0 Å². The lowest BCUT2D eigenvalue weighted by atomic mass is 9.92. The maximum atomic E-state index is 13.0. The first kappa shape index (κ1) is 19.4. The molecule has 162 valence electrons. The Morgan fingerprint density at radius 2 is 1.87 bits per heavy atom. The van der Waals surface area contributed by atoms with Gasteiger partial charge in [-0.05, 0) is 31.4 Å². The van der Waals surface area contributed by atoms with Gasteiger partial charge in [0.25, 0.3) is 5.56 Å². The van der Waals surface area contributed by atoms with Crippen molar-refractivity contribution in [2.75, 3.05) is 41.8 Å². The van der Waals surface area contributed by atoms with E-state index in [1.54, 1.807) is 18.2 Å². The Bertz CT molecular complexity index is 1090. The lowest BCUT2D eigenvalue weighted by Gasteiger charge is -2.29. The van der Waals surface area contributed by atoms with E-state index in [1.807, 2.05) is 4.90 Å². The van der Waals surface area contributed by atoms with E-state index in [4.69, 9.17) is 9.47 Å². The van der Waals surface area contributed by atoms with Crippen LogP contribution in [-0.4, -0.2) is 48.1 Å². The molecule has 3 aliphatic heterocycles. The van der Waals surface area contributed by atoms with E-state index in [0.717, 1.165) is 32.4 Å². The first-order valence-electron chi connectivity index (χ1n) is 10.5. The second-order valence-electron chi connectivity index (χ2n) is 7.85. The summed E-state index contributed by atoms with van der Waals surface area (Å²) in [5, 5.41) is 5.44. The number of nitrogens with one attached hydrogen (secondary N) is 3. The molecule has 1 saturated heterocycles. The van der Waals surface area contributed by atoms with E-state index in [-0.39, 0.29) is 23.7 Å². The number of piperidine rings is 1. The fraction of sp³-hybridized carbons (Fsp3) is 0.429. The Balaban J connectivity index is 1.42. The molecule has 2 amide bonds. The van der Waals surface area contributed by atoms with Gasteiger partial charge in [0.15, 0.2) is 11.5 Å². The number of aromatic nitrogens is 2. The summed E-state index contributed by atoms with van der Waals surface area (Å²) in [4.78, 5) is 47.5. The monoisotopic (exact) mass is 425 g/mol. The van der Waals surface area contributed by atoms with Gasteiger partial charge in [0, 0.05) is 31.3 Å². The van der Waals surface area contributed by atoms with Crippen LogP contribution in [0.15, 0.2) is 23.0 Å². The van der Waals surface area contributed by atoms with Gasteiger partial charge in [0.1, 0.15) is 19.0 Å². The fourth-order valence-electron chi connectivity index (χ4n) is 4.19. The molecule has 1 aromatic heterocycles. The zero-order chi connectivity index (χ0) is 21.4. The van der Waals surface area contributed by atoms with E-state index in [2.05, 4.69) is 20.6 Å². The number of rotatable bonds is 3. The van der Waals surface area contributed by atoms with Gasteiger partial charge < -0.3 is 25.0 Å². The number of H-pyrrole nitrogens is 1. The molecule has 0 saturated carbocycles. The number of hydrogen-bond donors (Lipinski definition) is 3. The molecule has 0 unspecified atom stereocenters. The molecule has 3 aliphatic rings. The molecule has 1 atom stereocenters. The maximum absolute atomic E-state index is 13.0. The Labute approximate surface area is 177 Å². The average molecular weight is 425 g/mol. The van der Waals surface area contributed by atoms with Gasteiger partial charge in [-0.15, -0.1) is 0 Å². The van der Waals surface area contributed by atoms with Crippen molar-refractivity contribution >= 4 is 29.3 Å². The molecule has 3 N–H and O–H groups in total. The summed E-state index contributed by atoms with van der Waals surface area (Å²) in [7, 11) is 0. The standard InChI is InChI=1S/C21H23N5O5/c27-16-11-13(19(28)22-12-4-5-14-15(10-12)31-9-8-30-14)17-18(23-16)24-21(25-20(17)29)26-6-2-1-3-7-26/h4-5,10,13H,1-3,6-9,11H2,(H,22,28)(H2,23,24,25,27,29)/t13-/m1/s1. The highest BCUT2D eigenvalue weighted by Gasteiger charge is 2.35. The van der Waals surface area contributed by atoms with Crippen molar-refractivity contribution in [1.82, 2.24) is 9.97 Å². The van der Waals surface area contributed by atoms with E-state index < -0.39 is 17.4 Å². The van der Waals surface area contributed by atoms with E-state index in [0.29, 0.717) is 36.3 Å². The summed E-state index contributed by atoms with van der Waals surface area (Å²) < 4.78 is 11.0. The van der Waals surface area contributed by atoms with Crippen LogP contribution in [0.3, 0.4) is 0 Å². The molecule has 31 heavy (non-hydrogen) atoms. The second-order valence-corrected chi connectivity index (χ2v) is 7.85. The molecule has 2 aromatic rings. The summed E-state index contributed by atoms with van der Waals surface area (Å²) in [5.41, 5.74) is 0.263. The van der Waals surface area contributed by atoms with Gasteiger partial charge in [0.05, 0.1) is 11.5 Å². The number of amides is 2. The third kappa shape index (κ3) is 3.80. The molecular formula is C21H23N5O5. The van der Waals surface area contributed by atoms with Crippen LogP contribution < -0.4 is 30.6 Å². The number of benzene rings is 1. The van der Waals surface area contributed by atoms with Gasteiger partial charge >= 0.3 is 0 Å². The van der Waals surface area contributed by atoms with Crippen LogP contribution in [0.1, 0.15) is 37.2 Å². The summed E-state index contributed by atoms with van der Waals surface area (Å²) in [6.07, 6.45) is 3.06. The summed E-state index contributed by atoms with van der Waals surface area (Å²) in [5.74, 6) is -0.0134. The van der Waals surface area contributed by atoms with Crippen molar-refractivity contribution in [1.29, 1.82) is 0 Å². The number of nitrogens with zero attached hydrogens (tertiary/aromatic N) is 2. The number of carbonyl (C=O) groups excluding carboxylic acids is 2. The predicted molar refractivity (Wildman–Crippen MR) is 113 cm³/mol. The van der Waals surface area contributed by atoms with Crippen LogP contribution in [0.2, 0.25) is 0 Å². The highest BCUT2D eigenvalue weighted by molar-refractivity contribution is 6.04. The fourth-order valence-corrected chi connectivity index (χ4v) is 4.19. The molecule has 10 nitrogen and oxygen atoms in total. The van der Waals surface area contributed by atoms with Crippen LogP contribution in [-0.2, 0) is 9.59 Å². The molecule has 0 radical (unpaired) electrons. The van der Waals surface area contributed by atoms with Crippen molar-refractivity contribution in [2.24, 2.45) is 0 Å². The topological polar surface area (TPSA) is 126 Å². The van der Waals surface area contributed by atoms with Crippen LogP contribution in [0, 0.1) is 0 Å². The van der Waals surface area contributed by atoms with E-state index in [9.17, 15) is 14.4 Å². The van der Waals surface area contributed by atoms with E-state index in [1.165, 1.54) is 0 Å². The first-order chi connectivity index (χ1) is 15.1. The minimum Gasteiger partial charge on any atom is -0.486 e. The lowest BCUT2D eigenvalue weighted by molar-refractivity contribution is -0.123. The molecule has 0 aliphatic carbocycles. The van der Waals surface area contributed by atoms with Crippen molar-refractivity contribution in [2.45, 2.75) is 31.6 Å². The van der Waals surface area contributed by atoms with Crippen molar-refractivity contribution < 1.29 is 19.1 Å². The number of aromatic amines is 1. The normalized spacial score (nSPS) is 19.9. The predicted octanol–water partition coefficient (Wildman–Crippen LogP) is 1.60. The number of carbonyl (C=O) groups is 2. The average Bonchev–Trinajstić information content (AvgIpc) is 2.78. The third-order valence-corrected chi connectivity index (χ3v) is 5.72. The van der Waals surface area contributed by atoms with Gasteiger partial charge in [0.2, 0.25) is 17.8 Å². The van der Waals surface area contributed by atoms with E-state index >= 15 is 0 Å². The quantitative estimate of drug-likeness (QED) is 0.682. The van der Waals surface area contributed by atoms with Gasteiger partial charge in [-0.3, -0.25) is 19.4 Å². The van der Waals surface area contributed by atoms with Crippen LogP contribution >= 0.6 is 0 Å². The second kappa shape index (κ2) is 7.93. The highest BCUT2D eigenvalue weighted by Crippen LogP contribution is 2.34. The van der Waals surface area contributed by atoms with Crippen LogP contribution in [0.25, 0.3) is 0 Å². The van der Waals surface area contributed by atoms with Crippen LogP contribution in [0.4, 0.5) is 17.5 Å². The lowest BCUT2D eigenvalue weighted by Crippen LogP contribution is -2.38. The zero-order valence-electron chi connectivity index (χ0n) is 16.9. The molecule has 5 rings (SSSR count). The Kier molecular flexibility index (Phi) is 4.97. The Hall–Kier alpha value is -3.56. The molecular weight excluding hydrogens is 402 g/mol. The Morgan fingerprint density at radius 1 is 1.10 bits per heavy atom. The molecule has 10 heteroatoms. The summed E-state index contributed by atoms with van der Waals surface area (Å²) >= 11 is 0. The van der Waals surface area contributed by atoms with Crippen molar-refractivity contribution in [3.8, 4) is 11.5 Å². The SMILES string of the molecule is O=C1C[C@@H](C(=O)Nc2ccc3c(c2)OCCO3)c2c(nc(N3CCCCC3)[nH]c2=O)N1. The largest absolute Gasteiger partial charge is 0.486 e. The number of hydrogen-bond acceptors (Lipinski definition) is 7. The van der Waals surface area contributed by atoms with Crippen molar-refractivity contribution in [3.63, 3.8) is 0 Å². The smallest absolute Gasteiger partial charge is 0.258 e. The molecule has 4 heterocycles. The van der Waals surface area contributed by atoms with Gasteiger partial charge in [-0.1, -0.05) is 0 Å².